The fourth-order valence-corrected chi connectivity index (χ4v) is 2.71. The molecule has 1 aromatic rings. The van der Waals surface area contributed by atoms with Crippen LogP contribution in [0, 0.1) is 11.7 Å². The Morgan fingerprint density at radius 1 is 1.37 bits per heavy atom. The molecule has 3 N–H and O–H groups in total. The Kier molecular flexibility index (Phi) is 4.53. The van der Waals surface area contributed by atoms with Crippen LogP contribution in [0.4, 0.5) is 4.39 Å². The van der Waals surface area contributed by atoms with Crippen LogP contribution in [0.2, 0.25) is 0 Å². The molecule has 0 heterocycles. The quantitative estimate of drug-likeness (QED) is 0.881. The summed E-state index contributed by atoms with van der Waals surface area (Å²) in [4.78, 5) is 12.2. The highest BCUT2D eigenvalue weighted by atomic mass is 19.1. The summed E-state index contributed by atoms with van der Waals surface area (Å²) in [6.45, 7) is 1.80. The summed E-state index contributed by atoms with van der Waals surface area (Å²) in [5.74, 6) is -0.478. The molecule has 19 heavy (non-hydrogen) atoms. The van der Waals surface area contributed by atoms with Crippen molar-refractivity contribution in [3.8, 4) is 0 Å². The van der Waals surface area contributed by atoms with Crippen LogP contribution in [0.5, 0.6) is 0 Å². The number of nitrogens with one attached hydrogen (secondary N) is 1. The van der Waals surface area contributed by atoms with Crippen LogP contribution in [0.15, 0.2) is 24.3 Å². The van der Waals surface area contributed by atoms with E-state index in [0.29, 0.717) is 5.56 Å². The Morgan fingerprint density at radius 2 is 2.05 bits per heavy atom. The van der Waals surface area contributed by atoms with Crippen LogP contribution in [-0.4, -0.2) is 11.9 Å². The van der Waals surface area contributed by atoms with Crippen molar-refractivity contribution in [3.63, 3.8) is 0 Å². The number of amides is 1. The van der Waals surface area contributed by atoms with Crippen molar-refractivity contribution in [2.24, 2.45) is 11.7 Å². The first-order chi connectivity index (χ1) is 9.09. The molecule has 0 saturated heterocycles. The number of carbonyl (C=O) groups is 1. The average molecular weight is 264 g/mol. The van der Waals surface area contributed by atoms with Crippen LogP contribution in [0.25, 0.3) is 0 Å². The van der Waals surface area contributed by atoms with Crippen molar-refractivity contribution in [3.05, 3.63) is 35.6 Å². The van der Waals surface area contributed by atoms with Crippen LogP contribution < -0.4 is 11.1 Å². The van der Waals surface area contributed by atoms with Gasteiger partial charge in [-0.3, -0.25) is 4.79 Å². The summed E-state index contributed by atoms with van der Waals surface area (Å²) in [5, 5.41) is 2.88. The molecular formula is C15H21FN2O. The van der Waals surface area contributed by atoms with E-state index in [1.165, 1.54) is 6.07 Å². The zero-order valence-electron chi connectivity index (χ0n) is 11.2. The molecule has 1 aliphatic carbocycles. The molecule has 1 aromatic carbocycles. The lowest BCUT2D eigenvalue weighted by Crippen LogP contribution is -2.44. The summed E-state index contributed by atoms with van der Waals surface area (Å²) < 4.78 is 13.6. The maximum Gasteiger partial charge on any atom is 0.225 e. The van der Waals surface area contributed by atoms with Crippen LogP contribution in [0.3, 0.4) is 0 Å². The van der Waals surface area contributed by atoms with E-state index in [4.69, 9.17) is 5.73 Å². The minimum atomic E-state index is -0.331. The fourth-order valence-electron chi connectivity index (χ4n) is 2.71. The lowest BCUT2D eigenvalue weighted by atomic mass is 9.84. The van der Waals surface area contributed by atoms with Crippen molar-refractivity contribution < 1.29 is 9.18 Å². The second-order valence-corrected chi connectivity index (χ2v) is 5.31. The molecule has 1 saturated carbocycles. The second-order valence-electron chi connectivity index (χ2n) is 5.31. The molecule has 0 radical (unpaired) electrons. The van der Waals surface area contributed by atoms with Crippen LogP contribution in [-0.2, 0) is 4.79 Å². The zero-order valence-corrected chi connectivity index (χ0v) is 11.2. The number of nitrogens with two attached hydrogens (primary N) is 1. The molecule has 1 amide bonds. The highest BCUT2D eigenvalue weighted by Gasteiger charge is 2.29. The third-order valence-electron chi connectivity index (χ3n) is 3.89. The fraction of sp³-hybridized carbons (Fsp3) is 0.533. The summed E-state index contributed by atoms with van der Waals surface area (Å²) in [5.41, 5.74) is 6.50. The maximum atomic E-state index is 13.6. The van der Waals surface area contributed by atoms with Gasteiger partial charge in [-0.1, -0.05) is 31.0 Å². The molecule has 3 nitrogen and oxygen atoms in total. The Morgan fingerprint density at radius 3 is 2.74 bits per heavy atom. The lowest BCUT2D eigenvalue weighted by molar-refractivity contribution is -0.127. The number of halogens is 1. The number of rotatable bonds is 3. The van der Waals surface area contributed by atoms with E-state index >= 15 is 0 Å². The van der Waals surface area contributed by atoms with E-state index in [9.17, 15) is 9.18 Å². The standard InChI is InChI=1S/C15H21FN2O/c1-10(11-6-2-4-8-13(11)16)18-15(19)12-7-3-5-9-14(12)17/h2,4,6,8,10,12,14H,3,5,7,9,17H2,1H3,(H,18,19)/t10-,12?,14?/m1/s1. The first-order valence-electron chi connectivity index (χ1n) is 6.90. The van der Waals surface area contributed by atoms with Crippen LogP contribution in [0.1, 0.15) is 44.2 Å². The minimum Gasteiger partial charge on any atom is -0.349 e. The third-order valence-corrected chi connectivity index (χ3v) is 3.89. The van der Waals surface area contributed by atoms with Gasteiger partial charge in [0.2, 0.25) is 5.91 Å². The van der Waals surface area contributed by atoms with Gasteiger partial charge in [-0.25, -0.2) is 4.39 Å². The topological polar surface area (TPSA) is 55.1 Å². The van der Waals surface area contributed by atoms with E-state index in [1.807, 2.05) is 0 Å². The summed E-state index contributed by atoms with van der Waals surface area (Å²) >= 11 is 0. The number of hydrogen-bond donors (Lipinski definition) is 2. The Hall–Kier alpha value is -1.42. The molecule has 0 aliphatic heterocycles. The van der Waals surface area contributed by atoms with Gasteiger partial charge in [0.15, 0.2) is 0 Å². The van der Waals surface area contributed by atoms with Gasteiger partial charge in [0.05, 0.1) is 12.0 Å². The van der Waals surface area contributed by atoms with Gasteiger partial charge in [0.25, 0.3) is 0 Å². The maximum absolute atomic E-state index is 13.6. The van der Waals surface area contributed by atoms with Crippen molar-refractivity contribution in [1.29, 1.82) is 0 Å². The zero-order chi connectivity index (χ0) is 13.8. The monoisotopic (exact) mass is 264 g/mol. The van der Waals surface area contributed by atoms with E-state index in [-0.39, 0.29) is 29.7 Å². The molecule has 0 spiro atoms. The van der Waals surface area contributed by atoms with Gasteiger partial charge in [0.1, 0.15) is 5.82 Å². The summed E-state index contributed by atoms with van der Waals surface area (Å²) in [7, 11) is 0. The van der Waals surface area contributed by atoms with Gasteiger partial charge in [0, 0.05) is 11.6 Å². The van der Waals surface area contributed by atoms with E-state index in [2.05, 4.69) is 5.32 Å². The summed E-state index contributed by atoms with van der Waals surface area (Å²) in [6.07, 6.45) is 3.86. The van der Waals surface area contributed by atoms with Gasteiger partial charge in [-0.15, -0.1) is 0 Å². The SMILES string of the molecule is C[C@@H](NC(=O)C1CCCCC1N)c1ccccc1F. The molecule has 1 fully saturated rings. The molecule has 0 aromatic heterocycles. The molecule has 2 unspecified atom stereocenters. The van der Waals surface area contributed by atoms with Crippen LogP contribution >= 0.6 is 0 Å². The first kappa shape index (κ1) is 14.0. The minimum absolute atomic E-state index is 0.0528. The van der Waals surface area contributed by atoms with Crippen molar-refractivity contribution in [1.82, 2.24) is 5.32 Å². The molecule has 4 heteroatoms. The smallest absolute Gasteiger partial charge is 0.225 e. The average Bonchev–Trinajstić information content (AvgIpc) is 2.39. The van der Waals surface area contributed by atoms with Gasteiger partial charge >= 0.3 is 0 Å². The number of carbonyl (C=O) groups excluding carboxylic acids is 1. The van der Waals surface area contributed by atoms with Gasteiger partial charge < -0.3 is 11.1 Å². The molecule has 0 bridgehead atoms. The van der Waals surface area contributed by atoms with Gasteiger partial charge in [-0.05, 0) is 25.8 Å². The predicted octanol–water partition coefficient (Wildman–Crippen LogP) is 2.52. The van der Waals surface area contributed by atoms with E-state index in [0.717, 1.165) is 25.7 Å². The molecule has 3 atom stereocenters. The highest BCUT2D eigenvalue weighted by molar-refractivity contribution is 5.79. The summed E-state index contributed by atoms with van der Waals surface area (Å²) in [6, 6.07) is 6.12. The van der Waals surface area contributed by atoms with Crippen molar-refractivity contribution >= 4 is 5.91 Å². The first-order valence-corrected chi connectivity index (χ1v) is 6.90. The predicted molar refractivity (Wildman–Crippen MR) is 72.9 cm³/mol. The van der Waals surface area contributed by atoms with E-state index < -0.39 is 0 Å². The largest absolute Gasteiger partial charge is 0.349 e. The lowest BCUT2D eigenvalue weighted by Gasteiger charge is -2.28. The highest BCUT2D eigenvalue weighted by Crippen LogP contribution is 2.24. The Balaban J connectivity index is 2.00. The number of benzene rings is 1. The Labute approximate surface area is 113 Å². The van der Waals surface area contributed by atoms with Crippen molar-refractivity contribution in [2.45, 2.75) is 44.7 Å². The second kappa shape index (κ2) is 6.15. The molecule has 2 rings (SSSR count). The number of hydrogen-bond acceptors (Lipinski definition) is 2. The third kappa shape index (κ3) is 3.32. The van der Waals surface area contributed by atoms with Gasteiger partial charge in [-0.2, -0.15) is 0 Å². The normalized spacial score (nSPS) is 24.8. The van der Waals surface area contributed by atoms with Crippen molar-refractivity contribution in [2.75, 3.05) is 0 Å². The Bertz CT molecular complexity index is 450. The molecule has 104 valence electrons. The molecular weight excluding hydrogens is 243 g/mol. The molecule has 1 aliphatic rings. The van der Waals surface area contributed by atoms with E-state index in [1.54, 1.807) is 25.1 Å².